The monoisotopic (exact) mass is 816 g/mol. The Morgan fingerprint density at radius 3 is 1.87 bits per heavy atom. The van der Waals surface area contributed by atoms with Gasteiger partial charge in [0.15, 0.2) is 0 Å². The van der Waals surface area contributed by atoms with Gasteiger partial charge in [-0.2, -0.15) is 0 Å². The number of hydrogen-bond donors (Lipinski definition) is 0. The molecule has 2 aliphatic rings. The first-order valence-electron chi connectivity index (χ1n) is 14.7. The fourth-order valence-corrected chi connectivity index (χ4v) is 12.6. The van der Waals surface area contributed by atoms with Crippen LogP contribution in [0.2, 0.25) is 0 Å². The van der Waals surface area contributed by atoms with Crippen molar-refractivity contribution in [3.05, 3.63) is 152 Å². The van der Waals surface area contributed by atoms with Crippen LogP contribution in [0.15, 0.2) is 131 Å². The molecule has 3 aromatic carbocycles. The van der Waals surface area contributed by atoms with Gasteiger partial charge in [0.05, 0.1) is 0 Å². The Balaban J connectivity index is 1.73. The van der Waals surface area contributed by atoms with Crippen molar-refractivity contribution in [3.63, 3.8) is 0 Å². The summed E-state index contributed by atoms with van der Waals surface area (Å²) in [5, 5.41) is 4.51. The Bertz CT molecular complexity index is 1960. The minimum atomic E-state index is -2.55. The molecule has 0 amide bonds. The molecule has 0 atom stereocenters. The van der Waals surface area contributed by atoms with E-state index in [2.05, 4.69) is 101 Å². The average Bonchev–Trinajstić information content (AvgIpc) is 3.79. The molecule has 0 N–H and O–H groups in total. The number of hydrogen-bond acceptors (Lipinski definition) is 5. The molecule has 4 aromatic rings. The van der Waals surface area contributed by atoms with Crippen LogP contribution >= 0.6 is 18.6 Å². The molecule has 1 fully saturated rings. The van der Waals surface area contributed by atoms with E-state index in [4.69, 9.17) is 9.47 Å². The summed E-state index contributed by atoms with van der Waals surface area (Å²) in [7, 11) is -2.55. The van der Waals surface area contributed by atoms with E-state index in [1.165, 1.54) is 27.3 Å². The molecule has 3 heterocycles. The van der Waals surface area contributed by atoms with Crippen molar-refractivity contribution in [2.24, 2.45) is 0 Å². The number of rotatable bonds is 6. The van der Waals surface area contributed by atoms with Crippen molar-refractivity contribution in [2.45, 2.75) is 13.8 Å². The first kappa shape index (κ1) is 31.8. The molecule has 1 aromatic heterocycles. The van der Waals surface area contributed by atoms with Gasteiger partial charge in [-0.05, 0) is 0 Å². The molecule has 1 saturated heterocycles. The topological polar surface area (TPSA) is 52.6 Å². The third-order valence-electron chi connectivity index (χ3n) is 7.86. The summed E-state index contributed by atoms with van der Waals surface area (Å²) in [5.74, 6) is 5.54. The van der Waals surface area contributed by atoms with Crippen molar-refractivity contribution >= 4 is 52.5 Å². The van der Waals surface area contributed by atoms with E-state index < -0.39 is 19.2 Å². The number of carbonyl (C=O) groups excluding carboxylic acids is 2. The van der Waals surface area contributed by atoms with Crippen LogP contribution in [0, 0.1) is 16.2 Å². The summed E-state index contributed by atoms with van der Waals surface area (Å²) in [6.07, 6.45) is 7.86. The van der Waals surface area contributed by atoms with E-state index in [1.807, 2.05) is 44.2 Å². The Kier molecular flexibility index (Phi) is 9.73. The van der Waals surface area contributed by atoms with Gasteiger partial charge in [0.2, 0.25) is 0 Å². The van der Waals surface area contributed by atoms with E-state index in [0.717, 1.165) is 22.0 Å². The minimum absolute atomic E-state index is 0.240. The van der Waals surface area contributed by atoms with Gasteiger partial charge in [-0.1, -0.05) is 0 Å². The maximum absolute atomic E-state index is 12.8. The summed E-state index contributed by atoms with van der Waals surface area (Å²) in [6, 6.07) is 31.8. The zero-order chi connectivity index (χ0) is 32.1. The van der Waals surface area contributed by atoms with Crippen molar-refractivity contribution in [1.29, 1.82) is 0 Å². The maximum atomic E-state index is 12.8. The second kappa shape index (κ2) is 14.1. The quantitative estimate of drug-likeness (QED) is 0.0903. The van der Waals surface area contributed by atoms with Crippen molar-refractivity contribution in [2.75, 3.05) is 13.2 Å². The molecule has 0 radical (unpaired) electrons. The number of carbonyl (C=O) groups is 2. The Morgan fingerprint density at radius 2 is 1.35 bits per heavy atom. The fourth-order valence-electron chi connectivity index (χ4n) is 5.79. The number of ether oxygens (including phenoxy) is 2. The van der Waals surface area contributed by atoms with Crippen LogP contribution in [-0.2, 0) is 27.4 Å². The van der Waals surface area contributed by atoms with Gasteiger partial charge in [-0.25, -0.2) is 0 Å². The van der Waals surface area contributed by atoms with E-state index in [1.54, 1.807) is 17.9 Å². The molecule has 0 unspecified atom stereocenters. The third kappa shape index (κ3) is 5.79. The second-order valence-electron chi connectivity index (χ2n) is 10.5. The molecule has 0 saturated carbocycles. The predicted molar refractivity (Wildman–Crippen MR) is 184 cm³/mol. The van der Waals surface area contributed by atoms with Crippen LogP contribution in [0.5, 0.6) is 0 Å². The van der Waals surface area contributed by atoms with E-state index in [-0.39, 0.29) is 11.1 Å². The number of benzene rings is 3. The van der Waals surface area contributed by atoms with E-state index >= 15 is 0 Å². The molecule has 0 bridgehead atoms. The molecule has 7 heteroatoms. The van der Waals surface area contributed by atoms with Crippen LogP contribution in [-0.4, -0.2) is 25.2 Å². The van der Waals surface area contributed by atoms with Crippen molar-refractivity contribution in [1.82, 2.24) is 0 Å². The van der Waals surface area contributed by atoms with Gasteiger partial charge in [-0.15, -0.1) is 0 Å². The molecule has 6 rings (SSSR count). The fraction of sp³-hybridized carbons (Fsp3) is 0.103. The first-order valence-corrected chi connectivity index (χ1v) is 18.6. The molecular weight excluding hydrogens is 786 g/mol. The summed E-state index contributed by atoms with van der Waals surface area (Å²) in [4.78, 5) is 26.6. The van der Waals surface area contributed by atoms with Crippen LogP contribution in [0.3, 0.4) is 0 Å². The number of fused-ring (bicyclic) bond motifs is 1. The van der Waals surface area contributed by atoms with Crippen molar-refractivity contribution < 1.29 is 37.0 Å². The number of allylic oxidation sites excluding steroid dienone is 5. The van der Waals surface area contributed by atoms with Gasteiger partial charge in [0, 0.05) is 0 Å². The van der Waals surface area contributed by atoms with Gasteiger partial charge in [0.25, 0.3) is 0 Å². The predicted octanol–water partition coefficient (Wildman–Crippen LogP) is 7.10. The molecule has 0 aliphatic carbocycles. The third-order valence-corrected chi connectivity index (χ3v) is 14.3. The molecule has 2 aliphatic heterocycles. The SMILES string of the molecule is CC=C1COCC1=CC(C#Cc1sc(/C=C/C)c2c1C(=O)OC2=O)=C([C]#[Os])[P+](c1ccccc1)(c1ccccc1)c1ccccc1. The summed E-state index contributed by atoms with van der Waals surface area (Å²) in [5.41, 5.74) is 3.48. The molecule has 227 valence electrons. The number of esters is 2. The summed E-state index contributed by atoms with van der Waals surface area (Å²) < 4.78 is 14.6. The molecule has 0 spiro atoms. The van der Waals surface area contributed by atoms with E-state index in [9.17, 15) is 9.59 Å². The summed E-state index contributed by atoms with van der Waals surface area (Å²) in [6.45, 7) is 4.89. The van der Waals surface area contributed by atoms with Gasteiger partial charge in [0.1, 0.15) is 0 Å². The Hall–Kier alpha value is -4.17. The average molecular weight is 815 g/mol. The Labute approximate surface area is 283 Å². The normalized spacial score (nSPS) is 16.7. The van der Waals surface area contributed by atoms with E-state index in [0.29, 0.717) is 23.0 Å². The zero-order valence-corrected chi connectivity index (χ0v) is 29.5. The van der Waals surface area contributed by atoms with Gasteiger partial charge >= 0.3 is 285 Å². The van der Waals surface area contributed by atoms with Gasteiger partial charge < -0.3 is 0 Å². The van der Waals surface area contributed by atoms with Crippen molar-refractivity contribution in [3.8, 4) is 16.2 Å². The standard InChI is InChI=1S/C39H29O4PS.Os/c1-4-15-34-36-37(39(41)43-38(36)40)35(45-34)23-22-29(24-30-26-42-25-28(30)5-2)27(3)44(31-16-9-6-10-17-31,32-18-11-7-12-19-32)33-20-13-8-14-21-33;/h4-21,24H,25-26H2,1-2H3;/q+1;/b15-4+,28-5?,29-27?,30-24?;. The van der Waals surface area contributed by atoms with Gasteiger partial charge in [-0.3, -0.25) is 0 Å². The second-order valence-corrected chi connectivity index (χ2v) is 15.5. The van der Waals surface area contributed by atoms with Crippen LogP contribution in [0.1, 0.15) is 44.3 Å². The molecule has 46 heavy (non-hydrogen) atoms. The van der Waals surface area contributed by atoms with Crippen LogP contribution in [0.25, 0.3) is 6.08 Å². The zero-order valence-electron chi connectivity index (χ0n) is 25.2. The summed E-state index contributed by atoms with van der Waals surface area (Å²) >= 11 is 3.02. The number of thiophene rings is 1. The van der Waals surface area contributed by atoms with Crippen LogP contribution in [0.4, 0.5) is 0 Å². The first-order chi connectivity index (χ1) is 22.5. The van der Waals surface area contributed by atoms with Crippen LogP contribution < -0.4 is 15.9 Å². The number of cyclic esters (lactones) is 2. The Morgan fingerprint density at radius 1 is 0.804 bits per heavy atom. The molecule has 4 nitrogen and oxygen atoms in total. The molecular formula is C39H29O4OsPS+.